The van der Waals surface area contributed by atoms with Crippen LogP contribution in [0, 0.1) is 0 Å². The number of rotatable bonds is 3. The summed E-state index contributed by atoms with van der Waals surface area (Å²) >= 11 is 1.73. The summed E-state index contributed by atoms with van der Waals surface area (Å²) in [6, 6.07) is 2.11. The molecule has 1 aliphatic rings. The van der Waals surface area contributed by atoms with Gasteiger partial charge >= 0.3 is 5.97 Å². The zero-order valence-electron chi connectivity index (χ0n) is 10.5. The molecule has 2 rings (SSSR count). The fraction of sp³-hybridized carbons (Fsp3) is 0.615. The lowest BCUT2D eigenvalue weighted by Crippen LogP contribution is -2.11. The summed E-state index contributed by atoms with van der Waals surface area (Å²) in [5.41, 5.74) is 1.27. The Morgan fingerprint density at radius 3 is 2.88 bits per heavy atom. The number of esters is 1. The van der Waals surface area contributed by atoms with Crippen LogP contribution < -0.4 is 0 Å². The van der Waals surface area contributed by atoms with E-state index in [0.29, 0.717) is 12.3 Å². The van der Waals surface area contributed by atoms with Gasteiger partial charge in [-0.15, -0.1) is 11.3 Å². The van der Waals surface area contributed by atoms with Crippen molar-refractivity contribution in [2.75, 3.05) is 14.2 Å². The molecule has 3 nitrogen and oxygen atoms in total. The smallest absolute Gasteiger partial charge is 0.310 e. The molecule has 0 bridgehead atoms. The van der Waals surface area contributed by atoms with E-state index < -0.39 is 0 Å². The standard InChI is InChI=1S/C13H18O3S/c1-8-4-5-11(15-2)10-6-9(17-13(8)10)7-12(14)16-3/h6,8,11H,4-5,7H2,1-3H3. The van der Waals surface area contributed by atoms with Gasteiger partial charge in [0.15, 0.2) is 0 Å². The van der Waals surface area contributed by atoms with Gasteiger partial charge in [0, 0.05) is 16.9 Å². The minimum atomic E-state index is -0.176. The predicted octanol–water partition coefficient (Wildman–Crippen LogP) is 3.05. The molecular weight excluding hydrogens is 236 g/mol. The number of carbonyl (C=O) groups is 1. The lowest BCUT2D eigenvalue weighted by molar-refractivity contribution is -0.139. The summed E-state index contributed by atoms with van der Waals surface area (Å²) in [7, 11) is 3.18. The Morgan fingerprint density at radius 1 is 1.47 bits per heavy atom. The second-order valence-corrected chi connectivity index (χ2v) is 5.66. The minimum Gasteiger partial charge on any atom is -0.469 e. The summed E-state index contributed by atoms with van der Waals surface area (Å²) in [5, 5.41) is 0. The van der Waals surface area contributed by atoms with Crippen molar-refractivity contribution >= 4 is 17.3 Å². The zero-order valence-corrected chi connectivity index (χ0v) is 11.3. The highest BCUT2D eigenvalue weighted by Crippen LogP contribution is 2.43. The van der Waals surface area contributed by atoms with Crippen LogP contribution in [-0.4, -0.2) is 20.2 Å². The van der Waals surface area contributed by atoms with E-state index in [1.165, 1.54) is 17.6 Å². The van der Waals surface area contributed by atoms with Crippen molar-refractivity contribution in [3.8, 4) is 0 Å². The first-order chi connectivity index (χ1) is 8.15. The molecule has 1 aromatic rings. The van der Waals surface area contributed by atoms with Crippen molar-refractivity contribution in [1.29, 1.82) is 0 Å². The summed E-state index contributed by atoms with van der Waals surface area (Å²) in [4.78, 5) is 13.7. The number of thiophene rings is 1. The average molecular weight is 254 g/mol. The van der Waals surface area contributed by atoms with Gasteiger partial charge < -0.3 is 9.47 Å². The largest absolute Gasteiger partial charge is 0.469 e. The molecule has 0 aliphatic heterocycles. The monoisotopic (exact) mass is 254 g/mol. The molecule has 0 aromatic carbocycles. The molecule has 0 radical (unpaired) electrons. The molecule has 0 N–H and O–H groups in total. The van der Waals surface area contributed by atoms with E-state index in [1.807, 2.05) is 0 Å². The van der Waals surface area contributed by atoms with Crippen molar-refractivity contribution in [2.24, 2.45) is 0 Å². The maximum atomic E-state index is 11.3. The second kappa shape index (κ2) is 5.19. The average Bonchev–Trinajstić information content (AvgIpc) is 2.74. The van der Waals surface area contributed by atoms with Gasteiger partial charge in [-0.05, 0) is 30.4 Å². The van der Waals surface area contributed by atoms with E-state index in [4.69, 9.17) is 9.47 Å². The molecule has 0 spiro atoms. The Kier molecular flexibility index (Phi) is 3.84. The van der Waals surface area contributed by atoms with Crippen LogP contribution in [0.3, 0.4) is 0 Å². The van der Waals surface area contributed by atoms with Crippen molar-refractivity contribution < 1.29 is 14.3 Å². The van der Waals surface area contributed by atoms with Crippen LogP contribution in [0.5, 0.6) is 0 Å². The molecule has 1 aliphatic carbocycles. The van der Waals surface area contributed by atoms with Crippen molar-refractivity contribution in [3.63, 3.8) is 0 Å². The van der Waals surface area contributed by atoms with Gasteiger partial charge in [-0.25, -0.2) is 0 Å². The molecule has 2 unspecified atom stereocenters. The highest BCUT2D eigenvalue weighted by atomic mass is 32.1. The van der Waals surface area contributed by atoms with E-state index in [0.717, 1.165) is 17.7 Å². The third-order valence-corrected chi connectivity index (χ3v) is 4.71. The molecule has 17 heavy (non-hydrogen) atoms. The minimum absolute atomic E-state index is 0.176. The maximum Gasteiger partial charge on any atom is 0.310 e. The van der Waals surface area contributed by atoms with Gasteiger partial charge in [-0.3, -0.25) is 4.79 Å². The molecule has 2 atom stereocenters. The van der Waals surface area contributed by atoms with E-state index in [9.17, 15) is 4.79 Å². The number of fused-ring (bicyclic) bond motifs is 1. The van der Waals surface area contributed by atoms with Gasteiger partial charge in [0.25, 0.3) is 0 Å². The summed E-state index contributed by atoms with van der Waals surface area (Å²) in [6.45, 7) is 2.24. The molecule has 1 aromatic heterocycles. The van der Waals surface area contributed by atoms with Gasteiger partial charge in [-0.1, -0.05) is 6.92 Å². The predicted molar refractivity (Wildman–Crippen MR) is 67.4 cm³/mol. The molecule has 0 amide bonds. The van der Waals surface area contributed by atoms with E-state index in [-0.39, 0.29) is 12.1 Å². The molecule has 4 heteroatoms. The van der Waals surface area contributed by atoms with Crippen LogP contribution in [0.2, 0.25) is 0 Å². The summed E-state index contributed by atoms with van der Waals surface area (Å²) < 4.78 is 10.2. The van der Waals surface area contributed by atoms with Crippen LogP contribution in [0.4, 0.5) is 0 Å². The zero-order chi connectivity index (χ0) is 12.4. The van der Waals surface area contributed by atoms with Gasteiger partial charge in [0.1, 0.15) is 0 Å². The Hall–Kier alpha value is -0.870. The molecule has 0 fully saturated rings. The Balaban J connectivity index is 2.25. The third-order valence-electron chi connectivity index (χ3n) is 3.33. The molecule has 0 saturated carbocycles. The molecular formula is C13H18O3S. The summed E-state index contributed by atoms with van der Waals surface area (Å²) in [6.07, 6.45) is 2.80. The maximum absolute atomic E-state index is 11.3. The lowest BCUT2D eigenvalue weighted by atomic mass is 9.88. The quantitative estimate of drug-likeness (QED) is 0.778. The van der Waals surface area contributed by atoms with Gasteiger partial charge in [0.05, 0.1) is 19.6 Å². The van der Waals surface area contributed by atoms with E-state index >= 15 is 0 Å². The highest BCUT2D eigenvalue weighted by molar-refractivity contribution is 7.12. The first-order valence-corrected chi connectivity index (χ1v) is 6.69. The fourth-order valence-corrected chi connectivity index (χ4v) is 3.63. The fourth-order valence-electron chi connectivity index (χ4n) is 2.35. The number of ether oxygens (including phenoxy) is 2. The first kappa shape index (κ1) is 12.6. The molecule has 1 heterocycles. The van der Waals surface area contributed by atoms with Crippen LogP contribution in [0.15, 0.2) is 6.07 Å². The number of carbonyl (C=O) groups excluding carboxylic acids is 1. The Bertz CT molecular complexity index is 411. The van der Waals surface area contributed by atoms with Crippen LogP contribution >= 0.6 is 11.3 Å². The van der Waals surface area contributed by atoms with Crippen molar-refractivity contribution in [1.82, 2.24) is 0 Å². The third kappa shape index (κ3) is 2.53. The number of methoxy groups -OCH3 is 2. The molecule has 0 saturated heterocycles. The Labute approximate surface area is 106 Å². The van der Waals surface area contributed by atoms with E-state index in [2.05, 4.69) is 13.0 Å². The van der Waals surface area contributed by atoms with Gasteiger partial charge in [-0.2, -0.15) is 0 Å². The van der Waals surface area contributed by atoms with Crippen LogP contribution in [0.25, 0.3) is 0 Å². The molecule has 94 valence electrons. The van der Waals surface area contributed by atoms with Crippen molar-refractivity contribution in [3.05, 3.63) is 21.4 Å². The summed E-state index contributed by atoms with van der Waals surface area (Å²) in [5.74, 6) is 0.401. The van der Waals surface area contributed by atoms with Crippen LogP contribution in [0.1, 0.15) is 47.1 Å². The highest BCUT2D eigenvalue weighted by Gasteiger charge is 2.27. The number of hydrogen-bond acceptors (Lipinski definition) is 4. The van der Waals surface area contributed by atoms with Crippen LogP contribution in [-0.2, 0) is 20.7 Å². The van der Waals surface area contributed by atoms with Crippen molar-refractivity contribution in [2.45, 2.75) is 38.2 Å². The number of hydrogen-bond donors (Lipinski definition) is 0. The first-order valence-electron chi connectivity index (χ1n) is 5.87. The lowest BCUT2D eigenvalue weighted by Gasteiger charge is -2.25. The Morgan fingerprint density at radius 2 is 2.24 bits per heavy atom. The normalized spacial score (nSPS) is 23.2. The van der Waals surface area contributed by atoms with E-state index in [1.54, 1.807) is 18.4 Å². The topological polar surface area (TPSA) is 35.5 Å². The SMILES string of the molecule is COC(=O)Cc1cc2c(s1)C(C)CCC2OC. The van der Waals surface area contributed by atoms with Gasteiger partial charge in [0.2, 0.25) is 0 Å². The second-order valence-electron chi connectivity index (χ2n) is 4.49.